The van der Waals surface area contributed by atoms with Gasteiger partial charge in [0.2, 0.25) is 0 Å². The summed E-state index contributed by atoms with van der Waals surface area (Å²) >= 11 is 0. The number of nitrogens with one attached hydrogen (secondary N) is 1. The second-order valence-corrected chi connectivity index (χ2v) is 14.2. The first-order chi connectivity index (χ1) is 26.6. The van der Waals surface area contributed by atoms with E-state index in [9.17, 15) is 0 Å². The highest BCUT2D eigenvalue weighted by atomic mass is 15.1. The van der Waals surface area contributed by atoms with Crippen LogP contribution in [0, 0.1) is 0 Å². The Kier molecular flexibility index (Phi) is 8.94. The van der Waals surface area contributed by atoms with Crippen molar-refractivity contribution >= 4 is 50.2 Å². The number of hydrogen-bond donors (Lipinski definition) is 1. The number of benzene rings is 6. The molecule has 0 fully saturated rings. The van der Waals surface area contributed by atoms with Gasteiger partial charge in [-0.05, 0) is 110 Å². The summed E-state index contributed by atoms with van der Waals surface area (Å²) in [5.74, 6) is 0. The maximum absolute atomic E-state index is 3.79. The Labute approximate surface area is 318 Å². The molecule has 0 unspecified atom stereocenters. The lowest BCUT2D eigenvalue weighted by molar-refractivity contribution is 0.967. The first kappa shape index (κ1) is 33.3. The topological polar surface area (TPSA) is 23.4 Å². The predicted molar refractivity (Wildman–Crippen MR) is 231 cm³/mol. The lowest BCUT2D eigenvalue weighted by Gasteiger charge is -2.30. The molecule has 4 heteroatoms. The van der Waals surface area contributed by atoms with Crippen molar-refractivity contribution in [2.45, 2.75) is 25.7 Å². The highest BCUT2D eigenvalue weighted by Crippen LogP contribution is 2.46. The maximum atomic E-state index is 3.79. The molecule has 7 aromatic rings. The third-order valence-corrected chi connectivity index (χ3v) is 10.8. The Morgan fingerprint density at radius 3 is 2.15 bits per heavy atom. The van der Waals surface area contributed by atoms with E-state index in [2.05, 4.69) is 210 Å². The van der Waals surface area contributed by atoms with Gasteiger partial charge in [0, 0.05) is 81.3 Å². The number of anilines is 5. The molecule has 0 bridgehead atoms. The van der Waals surface area contributed by atoms with Gasteiger partial charge in [-0.1, -0.05) is 103 Å². The smallest absolute Gasteiger partial charge is 0.0568 e. The van der Waals surface area contributed by atoms with Crippen LogP contribution in [0.4, 0.5) is 28.4 Å². The summed E-state index contributed by atoms with van der Waals surface area (Å²) in [5, 5.41) is 6.32. The van der Waals surface area contributed by atoms with Crippen molar-refractivity contribution in [2.24, 2.45) is 7.05 Å². The largest absolute Gasteiger partial charge is 0.359 e. The van der Waals surface area contributed by atoms with E-state index in [0.717, 1.165) is 59.7 Å². The Morgan fingerprint density at radius 2 is 1.37 bits per heavy atom. The fourth-order valence-electron chi connectivity index (χ4n) is 8.18. The van der Waals surface area contributed by atoms with Crippen LogP contribution >= 0.6 is 0 Å². The van der Waals surface area contributed by atoms with Gasteiger partial charge < -0.3 is 19.7 Å². The quantitative estimate of drug-likeness (QED) is 0.162. The molecule has 0 atom stereocenters. The van der Waals surface area contributed by atoms with Crippen molar-refractivity contribution in [3.05, 3.63) is 187 Å². The lowest BCUT2D eigenvalue weighted by atomic mass is 9.90. The van der Waals surface area contributed by atoms with E-state index in [-0.39, 0.29) is 0 Å². The van der Waals surface area contributed by atoms with Crippen LogP contribution in [0.5, 0.6) is 0 Å². The molecular weight excluding hydrogens is 657 g/mol. The van der Waals surface area contributed by atoms with Crippen molar-refractivity contribution in [3.63, 3.8) is 0 Å². The van der Waals surface area contributed by atoms with E-state index >= 15 is 0 Å². The van der Waals surface area contributed by atoms with Crippen LogP contribution in [0.1, 0.15) is 25.7 Å². The van der Waals surface area contributed by atoms with Crippen LogP contribution < -0.4 is 15.1 Å². The zero-order chi connectivity index (χ0) is 36.4. The van der Waals surface area contributed by atoms with Gasteiger partial charge in [0.15, 0.2) is 0 Å². The summed E-state index contributed by atoms with van der Waals surface area (Å²) < 4.78 is 2.36. The molecule has 1 N–H and O–H groups in total. The van der Waals surface area contributed by atoms with Gasteiger partial charge in [0.05, 0.1) is 5.52 Å². The zero-order valence-electron chi connectivity index (χ0n) is 30.9. The monoisotopic (exact) mass is 700 g/mol. The lowest BCUT2D eigenvalue weighted by Crippen LogP contribution is -2.16. The number of aryl methyl sites for hydroxylation is 1. The van der Waals surface area contributed by atoms with Crippen LogP contribution in [-0.2, 0) is 7.05 Å². The Bertz CT molecular complexity index is 2610. The number of aromatic nitrogens is 1. The normalized spacial score (nSPS) is 13.9. The SMILES string of the molecule is CN(c1ccccc1)c1ccc(NC2=CC=CCC2)cc1-c1cc(N(C2=CCCC=C2)c2ccccc2)ccc1-c1cccc2c3ccccc3n(C)c12. The van der Waals surface area contributed by atoms with E-state index in [1.165, 1.54) is 49.9 Å². The second-order valence-electron chi connectivity index (χ2n) is 14.2. The summed E-state index contributed by atoms with van der Waals surface area (Å²) in [6, 6.07) is 50.9. The third-order valence-electron chi connectivity index (χ3n) is 10.8. The average molecular weight is 701 g/mol. The van der Waals surface area contributed by atoms with E-state index in [4.69, 9.17) is 0 Å². The molecule has 0 saturated carbocycles. The molecule has 2 aliphatic carbocycles. The van der Waals surface area contributed by atoms with Crippen LogP contribution in [-0.4, -0.2) is 11.6 Å². The van der Waals surface area contributed by atoms with Crippen molar-refractivity contribution in [3.8, 4) is 22.3 Å². The van der Waals surface area contributed by atoms with E-state index in [1.807, 2.05) is 0 Å². The molecule has 0 saturated heterocycles. The fraction of sp³-hybridized carbons (Fsp3) is 0.120. The Morgan fingerprint density at radius 1 is 0.593 bits per heavy atom. The summed E-state index contributed by atoms with van der Waals surface area (Å²) in [7, 11) is 4.38. The van der Waals surface area contributed by atoms with Crippen LogP contribution in [0.2, 0.25) is 0 Å². The molecule has 54 heavy (non-hydrogen) atoms. The minimum absolute atomic E-state index is 0.996. The first-order valence-electron chi connectivity index (χ1n) is 19.0. The molecule has 0 aliphatic heterocycles. The Balaban J connectivity index is 1.33. The number of hydrogen-bond acceptors (Lipinski definition) is 3. The van der Waals surface area contributed by atoms with Crippen LogP contribution in [0.3, 0.4) is 0 Å². The van der Waals surface area contributed by atoms with Gasteiger partial charge in [-0.25, -0.2) is 0 Å². The van der Waals surface area contributed by atoms with Gasteiger partial charge in [-0.2, -0.15) is 0 Å². The van der Waals surface area contributed by atoms with Crippen molar-refractivity contribution in [1.82, 2.24) is 4.57 Å². The summed E-state index contributed by atoms with van der Waals surface area (Å²) in [6.07, 6.45) is 17.6. The highest BCUT2D eigenvalue weighted by molar-refractivity contribution is 6.14. The molecule has 4 nitrogen and oxygen atoms in total. The zero-order valence-corrected chi connectivity index (χ0v) is 30.9. The molecule has 0 spiro atoms. The standard InChI is InChI=1S/C50H44N4/c1-52(38-20-9-4-10-21-38)49-33-30-37(51-36-18-7-3-8-19-36)34-47(49)46-35-41(54(39-22-11-5-12-23-39)40-24-13-6-14-25-40)31-32-42(46)44-27-17-28-45-43-26-15-16-29-48(43)53(2)50(44)45/h3-5,7,9-13,15-18,20-35,51H,6,8,14,19H2,1-2H3. The number of nitrogens with zero attached hydrogens (tertiary/aromatic N) is 3. The van der Waals surface area contributed by atoms with E-state index in [1.54, 1.807) is 0 Å². The average Bonchev–Trinajstić information content (AvgIpc) is 3.53. The molecule has 0 amide bonds. The van der Waals surface area contributed by atoms with Crippen LogP contribution in [0.15, 0.2) is 187 Å². The molecule has 9 rings (SSSR count). The maximum Gasteiger partial charge on any atom is 0.0568 e. The summed E-state index contributed by atoms with van der Waals surface area (Å²) in [5.41, 5.74) is 15.2. The number of fused-ring (bicyclic) bond motifs is 3. The summed E-state index contributed by atoms with van der Waals surface area (Å²) in [6.45, 7) is 0. The second kappa shape index (κ2) is 14.5. The third kappa shape index (κ3) is 6.20. The first-order valence-corrected chi connectivity index (χ1v) is 19.0. The molecule has 1 aromatic heterocycles. The van der Waals surface area contributed by atoms with Crippen molar-refractivity contribution < 1.29 is 0 Å². The minimum Gasteiger partial charge on any atom is -0.359 e. The van der Waals surface area contributed by atoms with Gasteiger partial charge >= 0.3 is 0 Å². The predicted octanol–water partition coefficient (Wildman–Crippen LogP) is 13.5. The number of rotatable bonds is 9. The minimum atomic E-state index is 0.996. The highest BCUT2D eigenvalue weighted by Gasteiger charge is 2.23. The molecular formula is C50H44N4. The van der Waals surface area contributed by atoms with Gasteiger partial charge in [-0.15, -0.1) is 0 Å². The molecule has 6 aromatic carbocycles. The van der Waals surface area contributed by atoms with E-state index < -0.39 is 0 Å². The number of allylic oxidation sites excluding steroid dienone is 7. The fourth-order valence-corrected chi connectivity index (χ4v) is 8.18. The van der Waals surface area contributed by atoms with Gasteiger partial charge in [0.25, 0.3) is 0 Å². The van der Waals surface area contributed by atoms with E-state index in [0.29, 0.717) is 0 Å². The Hall–Kier alpha value is -6.52. The molecule has 2 aliphatic rings. The van der Waals surface area contributed by atoms with Gasteiger partial charge in [-0.3, -0.25) is 0 Å². The van der Waals surface area contributed by atoms with Gasteiger partial charge in [0.1, 0.15) is 0 Å². The molecule has 0 radical (unpaired) electrons. The molecule has 264 valence electrons. The van der Waals surface area contributed by atoms with Crippen LogP contribution in [0.25, 0.3) is 44.1 Å². The van der Waals surface area contributed by atoms with Crippen molar-refractivity contribution in [1.29, 1.82) is 0 Å². The summed E-state index contributed by atoms with van der Waals surface area (Å²) in [4.78, 5) is 4.72. The van der Waals surface area contributed by atoms with Crippen molar-refractivity contribution in [2.75, 3.05) is 22.2 Å². The number of para-hydroxylation sites is 4. The molecule has 1 heterocycles.